The Labute approximate surface area is 146 Å². The van der Waals surface area contributed by atoms with Gasteiger partial charge in [-0.25, -0.2) is 0 Å². The molecule has 0 atom stereocenters. The first-order chi connectivity index (χ1) is 12.1. The molecule has 0 bridgehead atoms. The van der Waals surface area contributed by atoms with E-state index in [2.05, 4.69) is 10.6 Å². The van der Waals surface area contributed by atoms with E-state index in [0.29, 0.717) is 11.3 Å². The van der Waals surface area contributed by atoms with Crippen LogP contribution < -0.4 is 15.4 Å². The molecule has 0 aliphatic heterocycles. The standard InChI is InChI=1S/C19H20N2O4/c1-25-16-9-7-15(8-10-16)18(23)21-17(19(24)20-11-12-22)13-14-5-3-2-4-6-14/h2-10,13,22H,11-12H2,1H3,(H,20,24)(H,21,23)/b17-13-. The quantitative estimate of drug-likeness (QED) is 0.668. The lowest BCUT2D eigenvalue weighted by Gasteiger charge is -2.11. The molecule has 0 aliphatic rings. The number of carbonyl (C=O) groups is 2. The molecule has 0 aliphatic carbocycles. The van der Waals surface area contributed by atoms with Crippen molar-refractivity contribution in [3.63, 3.8) is 0 Å². The molecule has 0 spiro atoms. The van der Waals surface area contributed by atoms with Gasteiger partial charge in [-0.2, -0.15) is 0 Å². The van der Waals surface area contributed by atoms with Crippen LogP contribution in [0.3, 0.4) is 0 Å². The van der Waals surface area contributed by atoms with Crippen molar-refractivity contribution in [2.45, 2.75) is 0 Å². The molecule has 2 rings (SSSR count). The van der Waals surface area contributed by atoms with Crippen molar-refractivity contribution in [2.24, 2.45) is 0 Å². The van der Waals surface area contributed by atoms with Gasteiger partial charge < -0.3 is 20.5 Å². The molecule has 2 amide bonds. The molecule has 6 heteroatoms. The first-order valence-corrected chi connectivity index (χ1v) is 7.75. The number of hydrogen-bond donors (Lipinski definition) is 3. The molecule has 2 aromatic carbocycles. The highest BCUT2D eigenvalue weighted by atomic mass is 16.5. The highest BCUT2D eigenvalue weighted by molar-refractivity contribution is 6.05. The van der Waals surface area contributed by atoms with E-state index in [1.54, 1.807) is 37.5 Å². The molecule has 0 saturated heterocycles. The van der Waals surface area contributed by atoms with Gasteiger partial charge in [-0.15, -0.1) is 0 Å². The van der Waals surface area contributed by atoms with Gasteiger partial charge in [0.1, 0.15) is 11.4 Å². The van der Waals surface area contributed by atoms with Crippen molar-refractivity contribution in [2.75, 3.05) is 20.3 Å². The third-order valence-electron chi connectivity index (χ3n) is 3.35. The average Bonchev–Trinajstić information content (AvgIpc) is 2.66. The molecule has 0 saturated carbocycles. The Morgan fingerprint density at radius 1 is 1.08 bits per heavy atom. The van der Waals surface area contributed by atoms with Crippen molar-refractivity contribution in [1.82, 2.24) is 10.6 Å². The van der Waals surface area contributed by atoms with Gasteiger partial charge in [0.15, 0.2) is 0 Å². The topological polar surface area (TPSA) is 87.7 Å². The number of ether oxygens (including phenoxy) is 1. The summed E-state index contributed by atoms with van der Waals surface area (Å²) in [4.78, 5) is 24.6. The molecule has 6 nitrogen and oxygen atoms in total. The van der Waals surface area contributed by atoms with Crippen molar-refractivity contribution in [1.29, 1.82) is 0 Å². The predicted octanol–water partition coefficient (Wildman–Crippen LogP) is 1.57. The Balaban J connectivity index is 2.20. The molecule has 2 aromatic rings. The van der Waals surface area contributed by atoms with E-state index in [-0.39, 0.29) is 18.8 Å². The number of aliphatic hydroxyl groups is 1. The Kier molecular flexibility index (Phi) is 6.74. The number of benzene rings is 2. The summed E-state index contributed by atoms with van der Waals surface area (Å²) in [6.07, 6.45) is 1.58. The fourth-order valence-corrected chi connectivity index (χ4v) is 2.08. The molecular weight excluding hydrogens is 320 g/mol. The molecule has 130 valence electrons. The zero-order valence-electron chi connectivity index (χ0n) is 13.9. The first-order valence-electron chi connectivity index (χ1n) is 7.75. The summed E-state index contributed by atoms with van der Waals surface area (Å²) in [5.74, 6) is -0.249. The van der Waals surface area contributed by atoms with Gasteiger partial charge in [0.25, 0.3) is 11.8 Å². The van der Waals surface area contributed by atoms with E-state index >= 15 is 0 Å². The molecule has 25 heavy (non-hydrogen) atoms. The normalized spacial score (nSPS) is 10.9. The lowest BCUT2D eigenvalue weighted by atomic mass is 10.1. The monoisotopic (exact) mass is 340 g/mol. The third-order valence-corrected chi connectivity index (χ3v) is 3.35. The number of carbonyl (C=O) groups excluding carboxylic acids is 2. The molecule has 3 N–H and O–H groups in total. The molecule has 0 unspecified atom stereocenters. The zero-order valence-corrected chi connectivity index (χ0v) is 13.9. The van der Waals surface area contributed by atoms with Gasteiger partial charge >= 0.3 is 0 Å². The summed E-state index contributed by atoms with van der Waals surface area (Å²) < 4.78 is 5.06. The summed E-state index contributed by atoms with van der Waals surface area (Å²) in [6, 6.07) is 15.7. The maximum Gasteiger partial charge on any atom is 0.267 e. The second kappa shape index (κ2) is 9.24. The maximum absolute atomic E-state index is 12.4. The first kappa shape index (κ1) is 18.2. The van der Waals surface area contributed by atoms with Crippen molar-refractivity contribution >= 4 is 17.9 Å². The summed E-state index contributed by atoms with van der Waals surface area (Å²) in [7, 11) is 1.54. The van der Waals surface area contributed by atoms with Gasteiger partial charge in [0.2, 0.25) is 0 Å². The minimum absolute atomic E-state index is 0.0977. The molecule has 0 fully saturated rings. The Morgan fingerprint density at radius 2 is 1.76 bits per heavy atom. The van der Waals surface area contributed by atoms with E-state index in [0.717, 1.165) is 5.56 Å². The van der Waals surface area contributed by atoms with Crippen LogP contribution in [0, 0.1) is 0 Å². The Morgan fingerprint density at radius 3 is 2.36 bits per heavy atom. The Bertz CT molecular complexity index is 740. The lowest BCUT2D eigenvalue weighted by Crippen LogP contribution is -2.36. The van der Waals surface area contributed by atoms with E-state index in [9.17, 15) is 9.59 Å². The second-order valence-electron chi connectivity index (χ2n) is 5.13. The van der Waals surface area contributed by atoms with Crippen LogP contribution in [0.5, 0.6) is 5.75 Å². The van der Waals surface area contributed by atoms with Crippen LogP contribution in [-0.4, -0.2) is 37.2 Å². The fourth-order valence-electron chi connectivity index (χ4n) is 2.08. The van der Waals surface area contributed by atoms with Crippen LogP contribution in [0.15, 0.2) is 60.3 Å². The number of amides is 2. The fraction of sp³-hybridized carbons (Fsp3) is 0.158. The highest BCUT2D eigenvalue weighted by Crippen LogP contribution is 2.12. The number of methoxy groups -OCH3 is 1. The lowest BCUT2D eigenvalue weighted by molar-refractivity contribution is -0.117. The number of rotatable bonds is 7. The van der Waals surface area contributed by atoms with Gasteiger partial charge in [-0.05, 0) is 35.9 Å². The van der Waals surface area contributed by atoms with Crippen molar-refractivity contribution in [3.05, 3.63) is 71.4 Å². The van der Waals surface area contributed by atoms with Gasteiger partial charge in [-0.1, -0.05) is 30.3 Å². The van der Waals surface area contributed by atoms with Crippen LogP contribution in [0.1, 0.15) is 15.9 Å². The van der Waals surface area contributed by atoms with Crippen molar-refractivity contribution in [3.8, 4) is 5.75 Å². The average molecular weight is 340 g/mol. The Hall–Kier alpha value is -3.12. The predicted molar refractivity (Wildman–Crippen MR) is 95.0 cm³/mol. The van der Waals surface area contributed by atoms with Crippen LogP contribution in [-0.2, 0) is 4.79 Å². The second-order valence-corrected chi connectivity index (χ2v) is 5.13. The zero-order chi connectivity index (χ0) is 18.1. The number of nitrogens with one attached hydrogen (secondary N) is 2. The van der Waals surface area contributed by atoms with Gasteiger partial charge in [0.05, 0.1) is 13.7 Å². The van der Waals surface area contributed by atoms with Crippen LogP contribution in [0.2, 0.25) is 0 Å². The summed E-state index contributed by atoms with van der Waals surface area (Å²) in [5.41, 5.74) is 1.27. The number of aliphatic hydroxyl groups excluding tert-OH is 1. The third kappa shape index (κ3) is 5.47. The summed E-state index contributed by atoms with van der Waals surface area (Å²) in [5, 5.41) is 14.0. The maximum atomic E-state index is 12.4. The minimum atomic E-state index is -0.472. The molecule has 0 heterocycles. The molecule has 0 radical (unpaired) electrons. The van der Waals surface area contributed by atoms with E-state index in [1.807, 2.05) is 30.3 Å². The summed E-state index contributed by atoms with van der Waals surface area (Å²) in [6.45, 7) is -0.0832. The van der Waals surface area contributed by atoms with Crippen molar-refractivity contribution < 1.29 is 19.4 Å². The van der Waals surface area contributed by atoms with Gasteiger partial charge in [-0.3, -0.25) is 9.59 Å². The van der Waals surface area contributed by atoms with E-state index in [4.69, 9.17) is 9.84 Å². The largest absolute Gasteiger partial charge is 0.497 e. The van der Waals surface area contributed by atoms with E-state index in [1.165, 1.54) is 0 Å². The van der Waals surface area contributed by atoms with Crippen LogP contribution in [0.4, 0.5) is 0 Å². The van der Waals surface area contributed by atoms with Gasteiger partial charge in [0, 0.05) is 12.1 Å². The number of hydrogen-bond acceptors (Lipinski definition) is 4. The van der Waals surface area contributed by atoms with E-state index < -0.39 is 11.8 Å². The minimum Gasteiger partial charge on any atom is -0.497 e. The summed E-state index contributed by atoms with van der Waals surface area (Å²) >= 11 is 0. The molecular formula is C19H20N2O4. The van der Waals surface area contributed by atoms with Crippen LogP contribution >= 0.6 is 0 Å². The highest BCUT2D eigenvalue weighted by Gasteiger charge is 2.14. The molecule has 0 aromatic heterocycles. The smallest absolute Gasteiger partial charge is 0.267 e. The SMILES string of the molecule is COc1ccc(C(=O)N/C(=C\c2ccccc2)C(=O)NCCO)cc1. The van der Waals surface area contributed by atoms with Crippen LogP contribution in [0.25, 0.3) is 6.08 Å².